The molecule has 4 nitrogen and oxygen atoms in total. The maximum atomic E-state index is 12.1. The largest absolute Gasteiger partial charge is 0.491 e. The van der Waals surface area contributed by atoms with Crippen LogP contribution in [-0.2, 0) is 16.8 Å². The normalized spacial score (nSPS) is 15.6. The van der Waals surface area contributed by atoms with Crippen molar-refractivity contribution in [1.29, 1.82) is 0 Å². The second kappa shape index (κ2) is 10.5. The van der Waals surface area contributed by atoms with Gasteiger partial charge in [0.1, 0.15) is 12.4 Å². The second-order valence-corrected chi connectivity index (χ2v) is 11.0. The van der Waals surface area contributed by atoms with Crippen LogP contribution in [0.4, 0.5) is 0 Å². The molecule has 186 valence electrons. The first-order valence-corrected chi connectivity index (χ1v) is 12.8. The van der Waals surface area contributed by atoms with Gasteiger partial charge in [0.15, 0.2) is 0 Å². The van der Waals surface area contributed by atoms with Gasteiger partial charge in [-0.05, 0) is 72.4 Å². The van der Waals surface area contributed by atoms with Gasteiger partial charge in [0, 0.05) is 24.9 Å². The highest BCUT2D eigenvalue weighted by Gasteiger charge is 2.32. The lowest BCUT2D eigenvalue weighted by Gasteiger charge is -2.34. The van der Waals surface area contributed by atoms with E-state index in [1.165, 1.54) is 22.3 Å². The van der Waals surface area contributed by atoms with E-state index in [0.29, 0.717) is 13.0 Å². The van der Waals surface area contributed by atoms with Crippen molar-refractivity contribution in [2.24, 2.45) is 5.41 Å². The molecule has 1 aliphatic rings. The standard InChI is InChI=1S/C30H43NO3/c1-8-30(9-2,24-13-12-23(21(3)17-24)19-31-16-10-11-28(31)33)25-14-15-26(22(4)18-25)34-20-27(32)29(5,6)7/h12-15,17-18,27,32H,8-11,16,19-20H2,1-7H3. The zero-order valence-corrected chi connectivity index (χ0v) is 22.2. The molecule has 0 bridgehead atoms. The number of aliphatic hydroxyl groups is 1. The topological polar surface area (TPSA) is 49.8 Å². The van der Waals surface area contributed by atoms with E-state index < -0.39 is 6.10 Å². The summed E-state index contributed by atoms with van der Waals surface area (Å²) in [6.07, 6.45) is 3.12. The molecule has 4 heteroatoms. The van der Waals surface area contributed by atoms with Crippen molar-refractivity contribution < 1.29 is 14.6 Å². The van der Waals surface area contributed by atoms with Gasteiger partial charge in [0.25, 0.3) is 0 Å². The van der Waals surface area contributed by atoms with Crippen molar-refractivity contribution >= 4 is 5.91 Å². The zero-order chi connectivity index (χ0) is 25.1. The first kappa shape index (κ1) is 26.3. The Balaban J connectivity index is 1.86. The Bertz CT molecular complexity index is 1000. The summed E-state index contributed by atoms with van der Waals surface area (Å²) < 4.78 is 5.99. The molecule has 2 aromatic carbocycles. The number of amides is 1. The molecule has 0 aromatic heterocycles. The van der Waals surface area contributed by atoms with Crippen LogP contribution in [0.2, 0.25) is 0 Å². The van der Waals surface area contributed by atoms with Gasteiger partial charge in [-0.25, -0.2) is 0 Å². The minimum Gasteiger partial charge on any atom is -0.491 e. The lowest BCUT2D eigenvalue weighted by molar-refractivity contribution is -0.128. The van der Waals surface area contributed by atoms with E-state index in [1.807, 2.05) is 25.7 Å². The van der Waals surface area contributed by atoms with Crippen LogP contribution in [0.25, 0.3) is 0 Å². The van der Waals surface area contributed by atoms with Crippen LogP contribution in [0.15, 0.2) is 36.4 Å². The number of carbonyl (C=O) groups excluding carboxylic acids is 1. The van der Waals surface area contributed by atoms with Gasteiger partial charge in [-0.1, -0.05) is 65.0 Å². The Morgan fingerprint density at radius 3 is 2.12 bits per heavy atom. The molecule has 1 saturated heterocycles. The molecule has 1 amide bonds. The SMILES string of the molecule is CCC(CC)(c1ccc(CN2CCCC2=O)c(C)c1)c1ccc(OCC(O)C(C)(C)C)c(C)c1. The number of benzene rings is 2. The third kappa shape index (κ3) is 5.49. The summed E-state index contributed by atoms with van der Waals surface area (Å²) in [7, 11) is 0. The fraction of sp³-hybridized carbons (Fsp3) is 0.567. The van der Waals surface area contributed by atoms with Gasteiger partial charge in [-0.3, -0.25) is 4.79 Å². The van der Waals surface area contributed by atoms with Gasteiger partial charge in [0.2, 0.25) is 5.91 Å². The second-order valence-electron chi connectivity index (χ2n) is 11.0. The number of hydrogen-bond donors (Lipinski definition) is 1. The molecule has 3 rings (SSSR count). The molecular weight excluding hydrogens is 422 g/mol. The summed E-state index contributed by atoms with van der Waals surface area (Å²) in [6, 6.07) is 13.3. The summed E-state index contributed by atoms with van der Waals surface area (Å²) in [6.45, 7) is 16.7. The fourth-order valence-corrected chi connectivity index (χ4v) is 5.01. The van der Waals surface area contributed by atoms with Crippen LogP contribution < -0.4 is 4.74 Å². The highest BCUT2D eigenvalue weighted by molar-refractivity contribution is 5.78. The number of aliphatic hydroxyl groups excluding tert-OH is 1. The van der Waals surface area contributed by atoms with Gasteiger partial charge >= 0.3 is 0 Å². The average molecular weight is 466 g/mol. The smallest absolute Gasteiger partial charge is 0.222 e. The Kier molecular flexibility index (Phi) is 8.13. The Morgan fingerprint density at radius 2 is 1.62 bits per heavy atom. The molecule has 1 N–H and O–H groups in total. The predicted molar refractivity (Wildman–Crippen MR) is 139 cm³/mol. The highest BCUT2D eigenvalue weighted by atomic mass is 16.5. The Morgan fingerprint density at radius 1 is 1.00 bits per heavy atom. The molecule has 1 fully saturated rings. The Hall–Kier alpha value is -2.33. The van der Waals surface area contributed by atoms with Crippen LogP contribution in [0, 0.1) is 19.3 Å². The Labute approximate surface area is 206 Å². The number of rotatable bonds is 9. The van der Waals surface area contributed by atoms with Gasteiger partial charge in [-0.2, -0.15) is 0 Å². The van der Waals surface area contributed by atoms with E-state index in [0.717, 1.165) is 37.1 Å². The lowest BCUT2D eigenvalue weighted by atomic mass is 9.70. The van der Waals surface area contributed by atoms with Crippen LogP contribution in [-0.4, -0.2) is 35.2 Å². The van der Waals surface area contributed by atoms with E-state index >= 15 is 0 Å². The molecule has 1 aliphatic heterocycles. The summed E-state index contributed by atoms with van der Waals surface area (Å²) in [5.74, 6) is 1.10. The van der Waals surface area contributed by atoms with Crippen molar-refractivity contribution in [3.8, 4) is 5.75 Å². The first-order chi connectivity index (χ1) is 16.0. The van der Waals surface area contributed by atoms with E-state index in [-0.39, 0.29) is 23.3 Å². The van der Waals surface area contributed by atoms with Crippen LogP contribution in [0.3, 0.4) is 0 Å². The van der Waals surface area contributed by atoms with Crippen molar-refractivity contribution in [2.75, 3.05) is 13.2 Å². The molecule has 0 radical (unpaired) electrons. The quantitative estimate of drug-likeness (QED) is 0.472. The minimum atomic E-state index is -0.519. The van der Waals surface area contributed by atoms with Gasteiger partial charge < -0.3 is 14.7 Å². The molecule has 0 saturated carbocycles. The van der Waals surface area contributed by atoms with E-state index in [1.54, 1.807) is 0 Å². The molecule has 1 atom stereocenters. The molecular formula is C30H43NO3. The van der Waals surface area contributed by atoms with Crippen LogP contribution >= 0.6 is 0 Å². The van der Waals surface area contributed by atoms with E-state index in [9.17, 15) is 9.90 Å². The van der Waals surface area contributed by atoms with Crippen molar-refractivity contribution in [2.45, 2.75) is 92.2 Å². The van der Waals surface area contributed by atoms with Gasteiger partial charge in [0.05, 0.1) is 6.10 Å². The van der Waals surface area contributed by atoms with Crippen molar-refractivity contribution in [3.63, 3.8) is 0 Å². The van der Waals surface area contributed by atoms with Crippen molar-refractivity contribution in [1.82, 2.24) is 4.90 Å². The molecule has 34 heavy (non-hydrogen) atoms. The summed E-state index contributed by atoms with van der Waals surface area (Å²) >= 11 is 0. The molecule has 2 aromatic rings. The number of carbonyl (C=O) groups is 1. The number of ether oxygens (including phenoxy) is 1. The molecule has 0 spiro atoms. The van der Waals surface area contributed by atoms with Crippen molar-refractivity contribution in [3.05, 3.63) is 64.2 Å². The number of aryl methyl sites for hydroxylation is 2. The third-order valence-corrected chi connectivity index (χ3v) is 7.76. The lowest BCUT2D eigenvalue weighted by Crippen LogP contribution is -2.32. The fourth-order valence-electron chi connectivity index (χ4n) is 5.01. The summed E-state index contributed by atoms with van der Waals surface area (Å²) in [5, 5.41) is 10.4. The zero-order valence-electron chi connectivity index (χ0n) is 22.2. The minimum absolute atomic E-state index is 0.0824. The van der Waals surface area contributed by atoms with E-state index in [2.05, 4.69) is 64.1 Å². The third-order valence-electron chi connectivity index (χ3n) is 7.76. The average Bonchev–Trinajstić information content (AvgIpc) is 3.19. The molecule has 1 unspecified atom stereocenters. The highest BCUT2D eigenvalue weighted by Crippen LogP contribution is 2.41. The number of hydrogen-bond acceptors (Lipinski definition) is 3. The van der Waals surface area contributed by atoms with Gasteiger partial charge in [-0.15, -0.1) is 0 Å². The molecule has 0 aliphatic carbocycles. The summed E-state index contributed by atoms with van der Waals surface area (Å²) in [4.78, 5) is 14.1. The monoisotopic (exact) mass is 465 g/mol. The first-order valence-electron chi connectivity index (χ1n) is 12.8. The van der Waals surface area contributed by atoms with E-state index in [4.69, 9.17) is 4.74 Å². The summed E-state index contributed by atoms with van der Waals surface area (Å²) in [5.41, 5.74) is 5.89. The predicted octanol–water partition coefficient (Wildman–Crippen LogP) is 6.32. The number of likely N-dealkylation sites (tertiary alicyclic amines) is 1. The number of nitrogens with zero attached hydrogens (tertiary/aromatic N) is 1. The maximum Gasteiger partial charge on any atom is 0.222 e. The molecule has 1 heterocycles. The van der Waals surface area contributed by atoms with Crippen LogP contribution in [0.1, 0.15) is 88.1 Å². The maximum absolute atomic E-state index is 12.1. The van der Waals surface area contributed by atoms with Crippen LogP contribution in [0.5, 0.6) is 5.75 Å².